The molecule has 1 aromatic carbocycles. The molecule has 1 aliphatic rings. The van der Waals surface area contributed by atoms with E-state index in [1.165, 1.54) is 30.9 Å². The summed E-state index contributed by atoms with van der Waals surface area (Å²) in [6, 6.07) is 3.46. The number of hydrogen-bond acceptors (Lipinski definition) is 7. The van der Waals surface area contributed by atoms with Crippen LogP contribution < -0.4 is 5.14 Å². The molecule has 28 heavy (non-hydrogen) atoms. The SMILES string of the molecule is CCN(C(=O)C(C)OC(=O)c1ccc(C)c(S(N)(=O)=O)c1)C1CCS(=O)(=O)C1. The minimum atomic E-state index is -4.01. The van der Waals surface area contributed by atoms with Gasteiger partial charge in [-0.25, -0.2) is 26.8 Å². The maximum absolute atomic E-state index is 12.7. The number of rotatable bonds is 6. The summed E-state index contributed by atoms with van der Waals surface area (Å²) in [6.45, 7) is 4.92. The molecule has 0 spiro atoms. The number of nitrogens with zero attached hydrogens (tertiary/aromatic N) is 1. The summed E-state index contributed by atoms with van der Waals surface area (Å²) in [5.41, 5.74) is 0.323. The second kappa shape index (κ2) is 8.18. The summed E-state index contributed by atoms with van der Waals surface area (Å²) < 4.78 is 51.7. The molecule has 0 aliphatic carbocycles. The van der Waals surface area contributed by atoms with E-state index in [9.17, 15) is 26.4 Å². The second-order valence-electron chi connectivity index (χ2n) is 6.75. The van der Waals surface area contributed by atoms with Gasteiger partial charge in [0.15, 0.2) is 15.9 Å². The highest BCUT2D eigenvalue weighted by Crippen LogP contribution is 2.20. The standard InChI is InChI=1S/C17H24N2O7S2/c1-4-19(14-7-8-27(22,23)10-14)16(20)12(3)26-17(21)13-6-5-11(2)15(9-13)28(18,24)25/h5-6,9,12,14H,4,7-8,10H2,1-3H3,(H2,18,24,25). The van der Waals surface area contributed by atoms with E-state index < -0.39 is 43.9 Å². The Kier molecular flexibility index (Phi) is 6.51. The lowest BCUT2D eigenvalue weighted by atomic mass is 10.1. The summed E-state index contributed by atoms with van der Waals surface area (Å²) in [5.74, 6) is -1.46. The lowest BCUT2D eigenvalue weighted by Crippen LogP contribution is -2.46. The molecule has 1 fully saturated rings. The van der Waals surface area contributed by atoms with Crippen LogP contribution in [0, 0.1) is 6.92 Å². The first-order valence-electron chi connectivity index (χ1n) is 8.71. The van der Waals surface area contributed by atoms with E-state index in [1.54, 1.807) is 6.92 Å². The van der Waals surface area contributed by atoms with Crippen LogP contribution in [-0.2, 0) is 29.4 Å². The molecule has 2 atom stereocenters. The van der Waals surface area contributed by atoms with Crippen molar-refractivity contribution in [2.75, 3.05) is 18.1 Å². The number of esters is 1. The van der Waals surface area contributed by atoms with Crippen molar-refractivity contribution in [2.45, 2.75) is 44.2 Å². The van der Waals surface area contributed by atoms with Crippen molar-refractivity contribution in [1.29, 1.82) is 0 Å². The highest BCUT2D eigenvalue weighted by atomic mass is 32.2. The predicted octanol–water partition coefficient (Wildman–Crippen LogP) is 0.223. The summed E-state index contributed by atoms with van der Waals surface area (Å²) in [7, 11) is -7.18. The molecule has 11 heteroatoms. The largest absolute Gasteiger partial charge is 0.449 e. The maximum atomic E-state index is 12.7. The zero-order valence-electron chi connectivity index (χ0n) is 15.9. The zero-order valence-corrected chi connectivity index (χ0v) is 17.5. The van der Waals surface area contributed by atoms with Crippen molar-refractivity contribution in [3.05, 3.63) is 29.3 Å². The molecule has 0 bridgehead atoms. The number of amides is 1. The van der Waals surface area contributed by atoms with Crippen LogP contribution in [0.5, 0.6) is 0 Å². The highest BCUT2D eigenvalue weighted by Gasteiger charge is 2.36. The normalized spacial score (nSPS) is 19.8. The number of likely N-dealkylation sites (N-methyl/N-ethyl adjacent to an activating group) is 1. The van der Waals surface area contributed by atoms with E-state index in [4.69, 9.17) is 9.88 Å². The first kappa shape index (κ1) is 22.3. The van der Waals surface area contributed by atoms with Crippen molar-refractivity contribution in [1.82, 2.24) is 4.90 Å². The third-order valence-corrected chi connectivity index (χ3v) is 7.44. The van der Waals surface area contributed by atoms with E-state index in [1.807, 2.05) is 0 Å². The van der Waals surface area contributed by atoms with Gasteiger partial charge in [0.05, 0.1) is 22.0 Å². The first-order valence-corrected chi connectivity index (χ1v) is 12.1. The first-order chi connectivity index (χ1) is 12.9. The van der Waals surface area contributed by atoms with Gasteiger partial charge in [-0.2, -0.15) is 0 Å². The summed E-state index contributed by atoms with van der Waals surface area (Å²) in [4.78, 5) is 26.2. The van der Waals surface area contributed by atoms with Crippen LogP contribution in [-0.4, -0.2) is 63.8 Å². The predicted molar refractivity (Wildman–Crippen MR) is 102 cm³/mol. The molecular formula is C17H24N2O7S2. The fourth-order valence-corrected chi connectivity index (χ4v) is 5.70. The van der Waals surface area contributed by atoms with Gasteiger partial charge in [0, 0.05) is 12.6 Å². The summed E-state index contributed by atoms with van der Waals surface area (Å²) in [5, 5.41) is 5.14. The molecule has 0 saturated carbocycles. The smallest absolute Gasteiger partial charge is 0.338 e. The minimum absolute atomic E-state index is 0.0231. The van der Waals surface area contributed by atoms with E-state index >= 15 is 0 Å². The van der Waals surface area contributed by atoms with Gasteiger partial charge in [0.25, 0.3) is 5.91 Å². The lowest BCUT2D eigenvalue weighted by molar-refractivity contribution is -0.141. The molecular weight excluding hydrogens is 408 g/mol. The Balaban J connectivity index is 2.14. The van der Waals surface area contributed by atoms with E-state index in [0.29, 0.717) is 12.0 Å². The van der Waals surface area contributed by atoms with Crippen LogP contribution in [0.2, 0.25) is 0 Å². The monoisotopic (exact) mass is 432 g/mol. The van der Waals surface area contributed by atoms with Gasteiger partial charge in [-0.3, -0.25) is 4.79 Å². The Bertz CT molecular complexity index is 987. The van der Waals surface area contributed by atoms with Gasteiger partial charge in [0.1, 0.15) is 0 Å². The van der Waals surface area contributed by atoms with Crippen LogP contribution in [0.3, 0.4) is 0 Å². The lowest BCUT2D eigenvalue weighted by Gasteiger charge is -2.29. The van der Waals surface area contributed by atoms with Crippen LogP contribution >= 0.6 is 0 Å². The molecule has 156 valence electrons. The number of hydrogen-bond donors (Lipinski definition) is 1. The van der Waals surface area contributed by atoms with E-state index in [2.05, 4.69) is 0 Å². The van der Waals surface area contributed by atoms with E-state index in [0.717, 1.165) is 6.07 Å². The summed E-state index contributed by atoms with van der Waals surface area (Å²) >= 11 is 0. The van der Waals surface area contributed by atoms with Crippen LogP contribution in [0.25, 0.3) is 0 Å². The summed E-state index contributed by atoms with van der Waals surface area (Å²) in [6.07, 6.45) is -0.812. The quantitative estimate of drug-likeness (QED) is 0.634. The number of carbonyl (C=O) groups excluding carboxylic acids is 2. The molecule has 1 saturated heterocycles. The van der Waals surface area contributed by atoms with Gasteiger partial charge in [0.2, 0.25) is 10.0 Å². The average molecular weight is 433 g/mol. The Morgan fingerprint density at radius 3 is 2.50 bits per heavy atom. The van der Waals surface area contributed by atoms with Crippen molar-refractivity contribution in [2.24, 2.45) is 5.14 Å². The van der Waals surface area contributed by atoms with Gasteiger partial charge in [-0.15, -0.1) is 0 Å². The molecule has 0 radical (unpaired) electrons. The highest BCUT2D eigenvalue weighted by molar-refractivity contribution is 7.91. The third-order valence-electron chi connectivity index (χ3n) is 4.63. The Morgan fingerprint density at radius 1 is 1.36 bits per heavy atom. The van der Waals surface area contributed by atoms with Crippen molar-refractivity contribution < 1.29 is 31.2 Å². The van der Waals surface area contributed by atoms with Crippen molar-refractivity contribution in [3.63, 3.8) is 0 Å². The van der Waals surface area contributed by atoms with Crippen LogP contribution in [0.4, 0.5) is 0 Å². The van der Waals surface area contributed by atoms with Gasteiger partial charge >= 0.3 is 5.97 Å². The van der Waals surface area contributed by atoms with Crippen LogP contribution in [0.15, 0.2) is 23.1 Å². The van der Waals surface area contributed by atoms with Crippen molar-refractivity contribution in [3.8, 4) is 0 Å². The number of aryl methyl sites for hydroxylation is 1. The Morgan fingerprint density at radius 2 is 2.00 bits per heavy atom. The number of sulfonamides is 1. The third kappa shape index (κ3) is 5.09. The van der Waals surface area contributed by atoms with Crippen molar-refractivity contribution >= 4 is 31.7 Å². The number of ether oxygens (including phenoxy) is 1. The number of carbonyl (C=O) groups is 2. The molecule has 2 unspecified atom stereocenters. The number of primary sulfonamides is 1. The fourth-order valence-electron chi connectivity index (χ4n) is 3.16. The Hall–Kier alpha value is -1.98. The molecule has 1 heterocycles. The van der Waals surface area contributed by atoms with Crippen LogP contribution in [0.1, 0.15) is 36.2 Å². The van der Waals surface area contributed by atoms with Gasteiger partial charge < -0.3 is 9.64 Å². The second-order valence-corrected chi connectivity index (χ2v) is 10.5. The Labute approximate surface area is 164 Å². The molecule has 1 amide bonds. The molecule has 2 N–H and O–H groups in total. The average Bonchev–Trinajstić information content (AvgIpc) is 2.94. The zero-order chi connectivity index (χ0) is 21.3. The van der Waals surface area contributed by atoms with E-state index in [-0.39, 0.29) is 28.5 Å². The number of benzene rings is 1. The molecule has 0 aromatic heterocycles. The fraction of sp³-hybridized carbons (Fsp3) is 0.529. The van der Waals surface area contributed by atoms with Gasteiger partial charge in [-0.1, -0.05) is 6.07 Å². The maximum Gasteiger partial charge on any atom is 0.338 e. The number of nitrogens with two attached hydrogens (primary N) is 1. The molecule has 2 rings (SSSR count). The molecule has 1 aliphatic heterocycles. The number of sulfone groups is 1. The van der Waals surface area contributed by atoms with Gasteiger partial charge in [-0.05, 0) is 44.9 Å². The minimum Gasteiger partial charge on any atom is -0.449 e. The molecule has 9 nitrogen and oxygen atoms in total. The molecule has 1 aromatic rings. The topological polar surface area (TPSA) is 141 Å².